The average molecular weight is 427 g/mol. The van der Waals surface area contributed by atoms with Crippen LogP contribution in [-0.4, -0.2) is 33.0 Å². The monoisotopic (exact) mass is 426 g/mol. The second-order valence-corrected chi connectivity index (χ2v) is 8.27. The smallest absolute Gasteiger partial charge is 0.237 e. The number of hydrogen-bond acceptors (Lipinski definition) is 6. The number of aromatic nitrogens is 3. The summed E-state index contributed by atoms with van der Waals surface area (Å²) in [7, 11) is 3.49. The van der Waals surface area contributed by atoms with Gasteiger partial charge in [-0.15, -0.1) is 10.2 Å². The van der Waals surface area contributed by atoms with Crippen LogP contribution in [0.3, 0.4) is 0 Å². The van der Waals surface area contributed by atoms with E-state index >= 15 is 0 Å². The predicted octanol–water partition coefficient (Wildman–Crippen LogP) is 4.39. The van der Waals surface area contributed by atoms with Gasteiger partial charge in [-0.25, -0.2) is 0 Å². The van der Waals surface area contributed by atoms with Crippen molar-refractivity contribution < 1.29 is 14.3 Å². The highest BCUT2D eigenvalue weighted by molar-refractivity contribution is 8.00. The number of nitrogens with zero attached hydrogens (tertiary/aromatic N) is 3. The van der Waals surface area contributed by atoms with E-state index in [0.29, 0.717) is 16.7 Å². The molecule has 3 rings (SSSR count). The minimum Gasteiger partial charge on any atom is -0.497 e. The van der Waals surface area contributed by atoms with Crippen molar-refractivity contribution in [3.63, 3.8) is 0 Å². The standard InChI is InChI=1S/C22H26N4O3S/c1-14-8-6-9-17(12-14)23-21(27)16(3)30-22-25-24-20(26(22)4)15(2)29-19-11-7-10-18(13-19)28-5/h6-13,15-16H,1-5H3,(H,23,27). The molecule has 2 atom stereocenters. The van der Waals surface area contributed by atoms with E-state index in [1.54, 1.807) is 7.11 Å². The van der Waals surface area contributed by atoms with Gasteiger partial charge in [-0.2, -0.15) is 0 Å². The van der Waals surface area contributed by atoms with Gasteiger partial charge in [-0.3, -0.25) is 4.79 Å². The van der Waals surface area contributed by atoms with E-state index < -0.39 is 0 Å². The Bertz CT molecular complexity index is 1020. The summed E-state index contributed by atoms with van der Waals surface area (Å²) < 4.78 is 13.1. The van der Waals surface area contributed by atoms with Crippen LogP contribution >= 0.6 is 11.8 Å². The van der Waals surface area contributed by atoms with Gasteiger partial charge in [0, 0.05) is 18.8 Å². The summed E-state index contributed by atoms with van der Waals surface area (Å²) in [5.74, 6) is 2.00. The number of rotatable bonds is 8. The van der Waals surface area contributed by atoms with Crippen molar-refractivity contribution in [3.8, 4) is 11.5 Å². The number of methoxy groups -OCH3 is 1. The molecule has 0 bridgehead atoms. The van der Waals surface area contributed by atoms with Gasteiger partial charge in [-0.1, -0.05) is 30.0 Å². The number of carbonyl (C=O) groups is 1. The van der Waals surface area contributed by atoms with Gasteiger partial charge in [0.2, 0.25) is 5.91 Å². The second kappa shape index (κ2) is 9.67. The largest absolute Gasteiger partial charge is 0.497 e. The number of aryl methyl sites for hydroxylation is 1. The highest BCUT2D eigenvalue weighted by atomic mass is 32.2. The van der Waals surface area contributed by atoms with E-state index in [1.165, 1.54) is 11.8 Å². The van der Waals surface area contributed by atoms with Crippen LogP contribution in [0.4, 0.5) is 5.69 Å². The molecule has 0 radical (unpaired) electrons. The molecule has 3 aromatic rings. The molecule has 0 spiro atoms. The minimum atomic E-state index is -0.337. The summed E-state index contributed by atoms with van der Waals surface area (Å²) >= 11 is 1.35. The molecule has 1 amide bonds. The number of nitrogens with one attached hydrogen (secondary N) is 1. The van der Waals surface area contributed by atoms with E-state index in [1.807, 2.05) is 80.9 Å². The van der Waals surface area contributed by atoms with Crippen molar-refractivity contribution in [2.45, 2.75) is 37.3 Å². The molecule has 2 unspecified atom stereocenters. The van der Waals surface area contributed by atoms with Crippen LogP contribution in [-0.2, 0) is 11.8 Å². The fourth-order valence-electron chi connectivity index (χ4n) is 2.89. The average Bonchev–Trinajstić information content (AvgIpc) is 3.08. The van der Waals surface area contributed by atoms with E-state index in [9.17, 15) is 4.79 Å². The fourth-order valence-corrected chi connectivity index (χ4v) is 3.71. The molecule has 0 aliphatic rings. The molecule has 1 N–H and O–H groups in total. The van der Waals surface area contributed by atoms with Gasteiger partial charge in [0.15, 0.2) is 17.1 Å². The number of carbonyl (C=O) groups excluding carboxylic acids is 1. The number of thioether (sulfide) groups is 1. The first-order chi connectivity index (χ1) is 14.4. The van der Waals surface area contributed by atoms with E-state index in [0.717, 1.165) is 17.0 Å². The van der Waals surface area contributed by atoms with Crippen molar-refractivity contribution in [3.05, 3.63) is 59.9 Å². The normalized spacial score (nSPS) is 12.8. The lowest BCUT2D eigenvalue weighted by Crippen LogP contribution is -2.23. The first-order valence-electron chi connectivity index (χ1n) is 9.61. The van der Waals surface area contributed by atoms with E-state index in [2.05, 4.69) is 15.5 Å². The fraction of sp³-hybridized carbons (Fsp3) is 0.318. The number of benzene rings is 2. The van der Waals surface area contributed by atoms with Gasteiger partial charge in [-0.05, 0) is 50.6 Å². The topological polar surface area (TPSA) is 78.3 Å². The number of ether oxygens (including phenoxy) is 2. The highest BCUT2D eigenvalue weighted by Crippen LogP contribution is 2.28. The number of amides is 1. The molecular formula is C22H26N4O3S. The first kappa shape index (κ1) is 21.7. The minimum absolute atomic E-state index is 0.0872. The molecule has 30 heavy (non-hydrogen) atoms. The maximum Gasteiger partial charge on any atom is 0.237 e. The zero-order chi connectivity index (χ0) is 21.7. The summed E-state index contributed by atoms with van der Waals surface area (Å²) in [6.45, 7) is 5.75. The van der Waals surface area contributed by atoms with E-state index in [-0.39, 0.29) is 17.3 Å². The summed E-state index contributed by atoms with van der Waals surface area (Å²) in [6, 6.07) is 15.1. The van der Waals surface area contributed by atoms with Crippen LogP contribution in [0.1, 0.15) is 31.3 Å². The molecule has 0 saturated carbocycles. The van der Waals surface area contributed by atoms with Crippen molar-refractivity contribution >= 4 is 23.4 Å². The van der Waals surface area contributed by atoms with Gasteiger partial charge < -0.3 is 19.4 Å². The Balaban J connectivity index is 1.64. The number of anilines is 1. The summed E-state index contributed by atoms with van der Waals surface area (Å²) in [5.41, 5.74) is 1.88. The summed E-state index contributed by atoms with van der Waals surface area (Å²) in [5, 5.41) is 11.8. The van der Waals surface area contributed by atoms with Crippen LogP contribution in [0.25, 0.3) is 0 Å². The maximum atomic E-state index is 12.6. The van der Waals surface area contributed by atoms with Gasteiger partial charge in [0.1, 0.15) is 11.5 Å². The molecule has 0 aliphatic heterocycles. The Morgan fingerprint density at radius 3 is 2.57 bits per heavy atom. The highest BCUT2D eigenvalue weighted by Gasteiger charge is 2.22. The lowest BCUT2D eigenvalue weighted by molar-refractivity contribution is -0.115. The Kier molecular flexibility index (Phi) is 6.99. The summed E-state index contributed by atoms with van der Waals surface area (Å²) in [4.78, 5) is 12.6. The predicted molar refractivity (Wildman–Crippen MR) is 118 cm³/mol. The first-order valence-corrected chi connectivity index (χ1v) is 10.5. The summed E-state index contributed by atoms with van der Waals surface area (Å²) in [6.07, 6.45) is -0.319. The van der Waals surface area contributed by atoms with Crippen LogP contribution in [0.2, 0.25) is 0 Å². The molecule has 0 aliphatic carbocycles. The quantitative estimate of drug-likeness (QED) is 0.538. The van der Waals surface area contributed by atoms with Crippen molar-refractivity contribution in [2.75, 3.05) is 12.4 Å². The van der Waals surface area contributed by atoms with Crippen LogP contribution in [0.5, 0.6) is 11.5 Å². The molecule has 158 valence electrons. The molecule has 2 aromatic carbocycles. The lowest BCUT2D eigenvalue weighted by atomic mass is 10.2. The van der Waals surface area contributed by atoms with Gasteiger partial charge in [0.25, 0.3) is 0 Å². The van der Waals surface area contributed by atoms with Gasteiger partial charge >= 0.3 is 0 Å². The Morgan fingerprint density at radius 2 is 1.83 bits per heavy atom. The van der Waals surface area contributed by atoms with Crippen LogP contribution in [0, 0.1) is 6.92 Å². The van der Waals surface area contributed by atoms with Crippen LogP contribution < -0.4 is 14.8 Å². The third kappa shape index (κ3) is 5.33. The molecule has 1 heterocycles. The Hall–Kier alpha value is -3.00. The van der Waals surface area contributed by atoms with Crippen molar-refractivity contribution in [2.24, 2.45) is 7.05 Å². The zero-order valence-corrected chi connectivity index (χ0v) is 18.6. The second-order valence-electron chi connectivity index (χ2n) is 6.96. The SMILES string of the molecule is COc1cccc(OC(C)c2nnc(SC(C)C(=O)Nc3cccc(C)c3)n2C)c1. The lowest BCUT2D eigenvalue weighted by Gasteiger charge is -2.15. The van der Waals surface area contributed by atoms with Crippen molar-refractivity contribution in [1.29, 1.82) is 0 Å². The molecular weight excluding hydrogens is 400 g/mol. The number of hydrogen-bond donors (Lipinski definition) is 1. The Labute approximate surface area is 180 Å². The van der Waals surface area contributed by atoms with Crippen molar-refractivity contribution in [1.82, 2.24) is 14.8 Å². The third-order valence-corrected chi connectivity index (χ3v) is 5.66. The van der Waals surface area contributed by atoms with E-state index in [4.69, 9.17) is 9.47 Å². The molecule has 7 nitrogen and oxygen atoms in total. The molecule has 8 heteroatoms. The molecule has 0 fully saturated rings. The van der Waals surface area contributed by atoms with Gasteiger partial charge in [0.05, 0.1) is 12.4 Å². The van der Waals surface area contributed by atoms with Crippen LogP contribution in [0.15, 0.2) is 53.7 Å². The zero-order valence-electron chi connectivity index (χ0n) is 17.7. The molecule has 0 saturated heterocycles. The molecule has 1 aromatic heterocycles. The third-order valence-electron chi connectivity index (χ3n) is 4.52. The maximum absolute atomic E-state index is 12.6. The Morgan fingerprint density at radius 1 is 1.10 bits per heavy atom.